The van der Waals surface area contributed by atoms with Gasteiger partial charge in [0.25, 0.3) is 5.91 Å². The summed E-state index contributed by atoms with van der Waals surface area (Å²) in [5.41, 5.74) is 6.07. The van der Waals surface area contributed by atoms with Crippen molar-refractivity contribution in [3.8, 4) is 0 Å². The van der Waals surface area contributed by atoms with E-state index in [0.29, 0.717) is 15.1 Å². The molecule has 1 aromatic carbocycles. The Morgan fingerprint density at radius 2 is 2.11 bits per heavy atom. The predicted molar refractivity (Wildman–Crippen MR) is 82.0 cm³/mol. The van der Waals surface area contributed by atoms with Gasteiger partial charge in [-0.3, -0.25) is 4.79 Å². The van der Waals surface area contributed by atoms with Crippen LogP contribution in [0.4, 0.5) is 0 Å². The monoisotopic (exact) mass is 348 g/mol. The van der Waals surface area contributed by atoms with E-state index in [1.54, 1.807) is 18.2 Å². The molecule has 1 atom stereocenters. The van der Waals surface area contributed by atoms with Gasteiger partial charge in [0.15, 0.2) is 0 Å². The molecule has 0 aliphatic rings. The van der Waals surface area contributed by atoms with E-state index in [9.17, 15) is 4.79 Å². The molecule has 6 heteroatoms. The third-order valence-electron chi connectivity index (χ3n) is 2.43. The summed E-state index contributed by atoms with van der Waals surface area (Å²) in [6.45, 7) is 3.88. The van der Waals surface area contributed by atoms with Gasteiger partial charge in [-0.25, -0.2) is 0 Å². The third-order valence-corrected chi connectivity index (χ3v) is 3.61. The van der Waals surface area contributed by atoms with Gasteiger partial charge in [0.05, 0.1) is 16.6 Å². The van der Waals surface area contributed by atoms with Gasteiger partial charge in [-0.05, 0) is 40.0 Å². The Labute approximate surface area is 125 Å². The van der Waals surface area contributed by atoms with E-state index in [1.807, 2.05) is 13.8 Å². The molecule has 0 bridgehead atoms. The van der Waals surface area contributed by atoms with Crippen LogP contribution in [0.2, 0.25) is 5.02 Å². The Morgan fingerprint density at radius 1 is 1.50 bits per heavy atom. The Hall–Kier alpha value is -0.650. The Morgan fingerprint density at radius 3 is 2.61 bits per heavy atom. The first-order valence-corrected chi connectivity index (χ1v) is 6.96. The fraction of sp³-hybridized carbons (Fsp3) is 0.333. The molecule has 1 unspecified atom stereocenters. The number of hydrogen-bond acceptors (Lipinski definition) is 2. The summed E-state index contributed by atoms with van der Waals surface area (Å²) in [5, 5.41) is 3.31. The highest BCUT2D eigenvalue weighted by Crippen LogP contribution is 2.21. The first-order chi connectivity index (χ1) is 8.32. The fourth-order valence-electron chi connectivity index (χ4n) is 1.46. The van der Waals surface area contributed by atoms with Crippen LogP contribution in [0.25, 0.3) is 0 Å². The van der Waals surface area contributed by atoms with Crippen molar-refractivity contribution in [1.29, 1.82) is 0 Å². The normalized spacial score (nSPS) is 12.3. The van der Waals surface area contributed by atoms with Crippen LogP contribution in [0, 0.1) is 5.92 Å². The summed E-state index contributed by atoms with van der Waals surface area (Å²) in [6, 6.07) is 4.69. The highest BCUT2D eigenvalue weighted by Gasteiger charge is 2.20. The smallest absolute Gasteiger partial charge is 0.253 e. The number of rotatable bonds is 4. The SMILES string of the molecule is CC(C)C(NC(=O)c1cc(Cl)ccc1Br)C(N)=S. The van der Waals surface area contributed by atoms with Gasteiger partial charge in [-0.1, -0.05) is 37.7 Å². The first-order valence-electron chi connectivity index (χ1n) is 5.38. The summed E-state index contributed by atoms with van der Waals surface area (Å²) < 4.78 is 0.676. The molecule has 1 aromatic rings. The second-order valence-electron chi connectivity index (χ2n) is 4.22. The molecule has 18 heavy (non-hydrogen) atoms. The molecule has 0 heterocycles. The number of carbonyl (C=O) groups is 1. The van der Waals surface area contributed by atoms with Crippen LogP contribution >= 0.6 is 39.7 Å². The van der Waals surface area contributed by atoms with Crippen molar-refractivity contribution in [1.82, 2.24) is 5.32 Å². The van der Waals surface area contributed by atoms with Crippen LogP contribution in [0.5, 0.6) is 0 Å². The van der Waals surface area contributed by atoms with Gasteiger partial charge >= 0.3 is 0 Å². The average molecular weight is 350 g/mol. The Kier molecular flexibility index (Phi) is 5.56. The van der Waals surface area contributed by atoms with Crippen LogP contribution < -0.4 is 11.1 Å². The number of amides is 1. The zero-order valence-electron chi connectivity index (χ0n) is 10.0. The minimum absolute atomic E-state index is 0.129. The lowest BCUT2D eigenvalue weighted by Gasteiger charge is -2.21. The number of benzene rings is 1. The quantitative estimate of drug-likeness (QED) is 0.821. The van der Waals surface area contributed by atoms with Crippen LogP contribution in [-0.4, -0.2) is 16.9 Å². The topological polar surface area (TPSA) is 55.1 Å². The lowest BCUT2D eigenvalue weighted by molar-refractivity contribution is 0.0939. The van der Waals surface area contributed by atoms with Gasteiger partial charge < -0.3 is 11.1 Å². The van der Waals surface area contributed by atoms with Crippen molar-refractivity contribution < 1.29 is 4.79 Å². The molecule has 0 fully saturated rings. The second kappa shape index (κ2) is 6.50. The number of hydrogen-bond donors (Lipinski definition) is 2. The molecular weight excluding hydrogens is 336 g/mol. The lowest BCUT2D eigenvalue weighted by Crippen LogP contribution is -2.46. The number of nitrogens with two attached hydrogens (primary N) is 1. The summed E-state index contributed by atoms with van der Waals surface area (Å²) in [5.74, 6) is -0.125. The molecule has 1 rings (SSSR count). The van der Waals surface area contributed by atoms with E-state index >= 15 is 0 Å². The van der Waals surface area contributed by atoms with Crippen molar-refractivity contribution in [3.63, 3.8) is 0 Å². The maximum Gasteiger partial charge on any atom is 0.253 e. The van der Waals surface area contributed by atoms with E-state index in [2.05, 4.69) is 21.2 Å². The average Bonchev–Trinajstić information content (AvgIpc) is 2.28. The second-order valence-corrected chi connectivity index (χ2v) is 5.98. The maximum absolute atomic E-state index is 12.1. The van der Waals surface area contributed by atoms with Gasteiger partial charge in [0, 0.05) is 9.50 Å². The minimum Gasteiger partial charge on any atom is -0.392 e. The van der Waals surface area contributed by atoms with Crippen molar-refractivity contribution >= 4 is 50.6 Å². The summed E-state index contributed by atoms with van der Waals surface area (Å²) in [6.07, 6.45) is 0. The van der Waals surface area contributed by atoms with Gasteiger partial charge in [0.1, 0.15) is 0 Å². The highest BCUT2D eigenvalue weighted by atomic mass is 79.9. The number of carbonyl (C=O) groups excluding carboxylic acids is 1. The molecule has 98 valence electrons. The van der Waals surface area contributed by atoms with Crippen molar-refractivity contribution in [3.05, 3.63) is 33.3 Å². The van der Waals surface area contributed by atoms with E-state index < -0.39 is 0 Å². The van der Waals surface area contributed by atoms with Crippen LogP contribution in [0.3, 0.4) is 0 Å². The molecule has 0 radical (unpaired) electrons. The van der Waals surface area contributed by atoms with Crippen molar-refractivity contribution in [2.75, 3.05) is 0 Å². The van der Waals surface area contributed by atoms with Gasteiger partial charge in [0.2, 0.25) is 0 Å². The third kappa shape index (κ3) is 3.93. The molecule has 0 aromatic heterocycles. The van der Waals surface area contributed by atoms with Crippen LogP contribution in [0.15, 0.2) is 22.7 Å². The molecule has 1 amide bonds. The van der Waals surface area contributed by atoms with Crippen LogP contribution in [-0.2, 0) is 0 Å². The Bertz CT molecular complexity index is 479. The maximum atomic E-state index is 12.1. The molecule has 0 saturated carbocycles. The van der Waals surface area contributed by atoms with Gasteiger partial charge in [-0.15, -0.1) is 0 Å². The molecular formula is C12H14BrClN2OS. The number of halogens is 2. The minimum atomic E-state index is -0.335. The highest BCUT2D eigenvalue weighted by molar-refractivity contribution is 9.10. The zero-order chi connectivity index (χ0) is 13.9. The van der Waals surface area contributed by atoms with Crippen molar-refractivity contribution in [2.24, 2.45) is 11.7 Å². The van der Waals surface area contributed by atoms with E-state index in [4.69, 9.17) is 29.6 Å². The number of thiocarbonyl (C=S) groups is 1. The van der Waals surface area contributed by atoms with E-state index in [1.165, 1.54) is 0 Å². The summed E-state index contributed by atoms with van der Waals surface area (Å²) in [7, 11) is 0. The van der Waals surface area contributed by atoms with Crippen molar-refractivity contribution in [2.45, 2.75) is 19.9 Å². The van der Waals surface area contributed by atoms with Gasteiger partial charge in [-0.2, -0.15) is 0 Å². The predicted octanol–water partition coefficient (Wildman–Crippen LogP) is 3.14. The molecule has 0 aliphatic carbocycles. The largest absolute Gasteiger partial charge is 0.392 e. The first kappa shape index (κ1) is 15.4. The zero-order valence-corrected chi connectivity index (χ0v) is 13.2. The number of nitrogens with one attached hydrogen (secondary N) is 1. The van der Waals surface area contributed by atoms with E-state index in [0.717, 1.165) is 0 Å². The lowest BCUT2D eigenvalue weighted by atomic mass is 10.0. The molecule has 0 spiro atoms. The van der Waals surface area contributed by atoms with E-state index in [-0.39, 0.29) is 22.9 Å². The standard InChI is InChI=1S/C12H14BrClN2OS/c1-6(2)10(11(15)18)16-12(17)8-5-7(14)3-4-9(8)13/h3-6,10H,1-2H3,(H2,15,18)(H,16,17). The molecule has 3 N–H and O–H groups in total. The summed E-state index contributed by atoms with van der Waals surface area (Å²) >= 11 is 14.1. The fourth-order valence-corrected chi connectivity index (χ4v) is 2.39. The van der Waals surface area contributed by atoms with Crippen LogP contribution in [0.1, 0.15) is 24.2 Å². The Balaban J connectivity index is 2.94. The summed E-state index contributed by atoms with van der Waals surface area (Å²) in [4.78, 5) is 12.4. The molecule has 0 aliphatic heterocycles. The molecule has 0 saturated heterocycles. The molecule has 3 nitrogen and oxygen atoms in total.